The summed E-state index contributed by atoms with van der Waals surface area (Å²) in [5.41, 5.74) is 2.64. The Morgan fingerprint density at radius 2 is 2.25 bits per heavy atom. The second-order valence-electron chi connectivity index (χ2n) is 3.60. The Morgan fingerprint density at radius 1 is 1.44 bits per heavy atom. The zero-order valence-electron chi connectivity index (χ0n) is 8.80. The maximum absolute atomic E-state index is 11.1. The second-order valence-corrected chi connectivity index (χ2v) is 4.61. The van der Waals surface area contributed by atoms with E-state index in [0.717, 1.165) is 33.6 Å². The third-order valence-corrected chi connectivity index (χ3v) is 3.73. The summed E-state index contributed by atoms with van der Waals surface area (Å²) in [7, 11) is 0. The summed E-state index contributed by atoms with van der Waals surface area (Å²) in [4.78, 5) is 16.5. The van der Waals surface area contributed by atoms with Crippen molar-refractivity contribution in [3.8, 4) is 0 Å². The number of benzene rings is 1. The Labute approximate surface area is 96.3 Å². The van der Waals surface area contributed by atoms with E-state index in [1.165, 1.54) is 0 Å². The third kappa shape index (κ3) is 1.13. The van der Waals surface area contributed by atoms with Gasteiger partial charge in [-0.25, -0.2) is 4.98 Å². The Balaban J connectivity index is 2.52. The molecule has 16 heavy (non-hydrogen) atoms. The number of nitrogens with zero attached hydrogens (tertiary/aromatic N) is 2. The van der Waals surface area contributed by atoms with E-state index in [4.69, 9.17) is 0 Å². The number of para-hydroxylation sites is 1. The van der Waals surface area contributed by atoms with Crippen LogP contribution in [0.1, 0.15) is 23.1 Å². The number of fused-ring (bicyclic) bond motifs is 3. The van der Waals surface area contributed by atoms with Gasteiger partial charge in [0, 0.05) is 0 Å². The highest BCUT2D eigenvalue weighted by atomic mass is 32.1. The molecule has 3 aromatic rings. The summed E-state index contributed by atoms with van der Waals surface area (Å²) in [6, 6.07) is 8.05. The van der Waals surface area contributed by atoms with Crippen LogP contribution in [0.4, 0.5) is 0 Å². The van der Waals surface area contributed by atoms with Gasteiger partial charge in [-0.3, -0.25) is 9.20 Å². The molecule has 0 bridgehead atoms. The molecule has 0 unspecified atom stereocenters. The number of carbonyl (C=O) groups excluding carboxylic acids is 1. The average molecular weight is 230 g/mol. The average Bonchev–Trinajstić information content (AvgIpc) is 2.83. The van der Waals surface area contributed by atoms with Crippen molar-refractivity contribution in [1.82, 2.24) is 9.38 Å². The fourth-order valence-electron chi connectivity index (χ4n) is 1.96. The lowest BCUT2D eigenvalue weighted by atomic mass is 10.3. The van der Waals surface area contributed by atoms with Crippen molar-refractivity contribution in [3.63, 3.8) is 0 Å². The second kappa shape index (κ2) is 3.42. The summed E-state index contributed by atoms with van der Waals surface area (Å²) in [5, 5.41) is 0. The minimum atomic E-state index is 0.690. The van der Waals surface area contributed by atoms with Crippen LogP contribution in [0.2, 0.25) is 0 Å². The highest BCUT2D eigenvalue weighted by molar-refractivity contribution is 7.23. The summed E-state index contributed by atoms with van der Waals surface area (Å²) in [5.74, 6) is 0. The quantitative estimate of drug-likeness (QED) is 0.634. The van der Waals surface area contributed by atoms with Crippen LogP contribution in [-0.2, 0) is 6.42 Å². The lowest BCUT2D eigenvalue weighted by Crippen LogP contribution is -1.93. The number of rotatable bonds is 2. The molecule has 0 aliphatic rings. The van der Waals surface area contributed by atoms with Gasteiger partial charge in [0.15, 0.2) is 11.2 Å². The van der Waals surface area contributed by atoms with Gasteiger partial charge in [-0.1, -0.05) is 30.4 Å². The molecular formula is C12H10N2OS. The van der Waals surface area contributed by atoms with E-state index in [9.17, 15) is 4.79 Å². The number of carbonyl (C=O) groups is 1. The van der Waals surface area contributed by atoms with Crippen LogP contribution in [0.3, 0.4) is 0 Å². The number of aromatic nitrogens is 2. The molecule has 80 valence electrons. The van der Waals surface area contributed by atoms with Crippen molar-refractivity contribution >= 4 is 32.8 Å². The molecule has 0 aliphatic heterocycles. The van der Waals surface area contributed by atoms with E-state index in [-0.39, 0.29) is 0 Å². The smallest absolute Gasteiger partial charge is 0.195 e. The highest BCUT2D eigenvalue weighted by Crippen LogP contribution is 2.28. The molecule has 3 nitrogen and oxygen atoms in total. The van der Waals surface area contributed by atoms with Crippen LogP contribution in [0.25, 0.3) is 15.2 Å². The lowest BCUT2D eigenvalue weighted by Gasteiger charge is -1.94. The number of hydrogen-bond acceptors (Lipinski definition) is 3. The molecular weight excluding hydrogens is 220 g/mol. The molecule has 0 N–H and O–H groups in total. The molecule has 0 amide bonds. The highest BCUT2D eigenvalue weighted by Gasteiger charge is 2.14. The minimum Gasteiger partial charge on any atom is -0.296 e. The molecule has 0 spiro atoms. The van der Waals surface area contributed by atoms with E-state index >= 15 is 0 Å². The third-order valence-electron chi connectivity index (χ3n) is 2.71. The molecule has 0 fully saturated rings. The molecule has 0 radical (unpaired) electrons. The number of thiazole rings is 1. The van der Waals surface area contributed by atoms with E-state index in [1.54, 1.807) is 11.3 Å². The van der Waals surface area contributed by atoms with Crippen LogP contribution in [0, 0.1) is 0 Å². The lowest BCUT2D eigenvalue weighted by molar-refractivity contribution is 0.111. The Kier molecular flexibility index (Phi) is 2.04. The van der Waals surface area contributed by atoms with Gasteiger partial charge in [0.05, 0.1) is 15.9 Å². The van der Waals surface area contributed by atoms with E-state index in [2.05, 4.69) is 11.1 Å². The molecule has 0 saturated heterocycles. The summed E-state index contributed by atoms with van der Waals surface area (Å²) < 4.78 is 3.11. The fraction of sp³-hybridized carbons (Fsp3) is 0.167. The first-order valence-electron chi connectivity index (χ1n) is 5.19. The molecule has 0 aliphatic carbocycles. The summed E-state index contributed by atoms with van der Waals surface area (Å²) in [6.45, 7) is 2.02. The zero-order valence-corrected chi connectivity index (χ0v) is 9.62. The standard InChI is InChI=1S/C12H10N2OS/c1-2-8-10(7-15)14-9-5-3-4-6-11(9)16-12(14)13-8/h3-7H,2H2,1H3. The van der Waals surface area contributed by atoms with Crippen molar-refractivity contribution in [2.75, 3.05) is 0 Å². The molecule has 3 rings (SSSR count). The zero-order chi connectivity index (χ0) is 11.1. The van der Waals surface area contributed by atoms with Crippen molar-refractivity contribution < 1.29 is 4.79 Å². The van der Waals surface area contributed by atoms with Gasteiger partial charge in [0.25, 0.3) is 0 Å². The molecule has 2 heterocycles. The molecule has 2 aromatic heterocycles. The molecule has 4 heteroatoms. The SMILES string of the molecule is CCc1nc2sc3ccccc3n2c1C=O. The van der Waals surface area contributed by atoms with Crippen molar-refractivity contribution in [2.45, 2.75) is 13.3 Å². The molecule has 0 saturated carbocycles. The summed E-state index contributed by atoms with van der Waals surface area (Å²) in [6.07, 6.45) is 1.69. The Bertz CT molecular complexity index is 681. The van der Waals surface area contributed by atoms with Gasteiger partial charge in [0.2, 0.25) is 0 Å². The van der Waals surface area contributed by atoms with Crippen LogP contribution in [0.15, 0.2) is 24.3 Å². The van der Waals surface area contributed by atoms with Crippen molar-refractivity contribution in [1.29, 1.82) is 0 Å². The van der Waals surface area contributed by atoms with Gasteiger partial charge < -0.3 is 0 Å². The van der Waals surface area contributed by atoms with E-state index in [1.807, 2.05) is 29.5 Å². The summed E-state index contributed by atoms with van der Waals surface area (Å²) >= 11 is 1.62. The normalized spacial score (nSPS) is 11.3. The first-order valence-corrected chi connectivity index (χ1v) is 6.01. The van der Waals surface area contributed by atoms with Gasteiger partial charge in [-0.2, -0.15) is 0 Å². The maximum atomic E-state index is 11.1. The van der Waals surface area contributed by atoms with E-state index in [0.29, 0.717) is 5.69 Å². The van der Waals surface area contributed by atoms with Gasteiger partial charge in [-0.05, 0) is 18.6 Å². The predicted octanol–water partition coefficient (Wildman–Crippen LogP) is 2.92. The van der Waals surface area contributed by atoms with Crippen molar-refractivity contribution in [3.05, 3.63) is 35.7 Å². The predicted molar refractivity (Wildman–Crippen MR) is 65.3 cm³/mol. The number of aldehydes is 1. The van der Waals surface area contributed by atoms with Gasteiger partial charge in [0.1, 0.15) is 5.69 Å². The first kappa shape index (κ1) is 9.54. The minimum absolute atomic E-state index is 0.690. The van der Waals surface area contributed by atoms with Gasteiger partial charge in [-0.15, -0.1) is 0 Å². The fourth-order valence-corrected chi connectivity index (χ4v) is 3.01. The monoisotopic (exact) mass is 230 g/mol. The Hall–Kier alpha value is -1.68. The largest absolute Gasteiger partial charge is 0.296 e. The number of imidazole rings is 1. The van der Waals surface area contributed by atoms with Crippen LogP contribution in [0.5, 0.6) is 0 Å². The van der Waals surface area contributed by atoms with Gasteiger partial charge >= 0.3 is 0 Å². The van der Waals surface area contributed by atoms with Crippen LogP contribution in [-0.4, -0.2) is 15.7 Å². The van der Waals surface area contributed by atoms with Crippen LogP contribution < -0.4 is 0 Å². The maximum Gasteiger partial charge on any atom is 0.195 e. The molecule has 0 atom stereocenters. The first-order chi connectivity index (χ1) is 7.85. The van der Waals surface area contributed by atoms with Crippen molar-refractivity contribution in [2.24, 2.45) is 0 Å². The van der Waals surface area contributed by atoms with E-state index < -0.39 is 0 Å². The van der Waals surface area contributed by atoms with Crippen LogP contribution >= 0.6 is 11.3 Å². The number of hydrogen-bond donors (Lipinski definition) is 0. The molecule has 1 aromatic carbocycles. The Morgan fingerprint density at radius 3 is 3.00 bits per heavy atom. The topological polar surface area (TPSA) is 34.4 Å². The number of aryl methyl sites for hydroxylation is 1.